The number of aliphatic hydroxyl groups excluding tert-OH is 1. The number of thioether (sulfide) groups is 1. The summed E-state index contributed by atoms with van der Waals surface area (Å²) in [7, 11) is 0. The van der Waals surface area contributed by atoms with Gasteiger partial charge >= 0.3 is 0 Å². The van der Waals surface area contributed by atoms with E-state index in [9.17, 15) is 0 Å². The van der Waals surface area contributed by atoms with Crippen LogP contribution in [0.4, 0.5) is 0 Å². The average molecular weight is 240 g/mol. The van der Waals surface area contributed by atoms with Crippen LogP contribution in [-0.2, 0) is 0 Å². The summed E-state index contributed by atoms with van der Waals surface area (Å²) in [5, 5.41) is 9.51. The second kappa shape index (κ2) is 6.81. The molecular formula is C13H20O2S. The van der Waals surface area contributed by atoms with Gasteiger partial charge in [0.25, 0.3) is 0 Å². The predicted octanol–water partition coefficient (Wildman–Crippen LogP) is 3.34. The molecule has 2 atom stereocenters. The third-order valence-corrected chi connectivity index (χ3v) is 3.61. The van der Waals surface area contributed by atoms with Crippen LogP contribution in [0.25, 0.3) is 0 Å². The first-order valence-corrected chi connectivity index (χ1v) is 6.58. The molecule has 0 fully saturated rings. The maximum atomic E-state index is 8.87. The van der Waals surface area contributed by atoms with Crippen molar-refractivity contribution in [1.82, 2.24) is 0 Å². The summed E-state index contributed by atoms with van der Waals surface area (Å²) >= 11 is 1.87. The Morgan fingerprint density at radius 3 is 2.38 bits per heavy atom. The second-order valence-corrected chi connectivity index (χ2v) is 5.43. The fourth-order valence-corrected chi connectivity index (χ4v) is 2.11. The predicted molar refractivity (Wildman–Crippen MR) is 69.2 cm³/mol. The molecule has 0 spiro atoms. The summed E-state index contributed by atoms with van der Waals surface area (Å²) in [5.41, 5.74) is 0. The zero-order valence-electron chi connectivity index (χ0n) is 10.1. The molecule has 2 nitrogen and oxygen atoms in total. The standard InChI is InChI=1S/C13H20O2S/c1-4-11(3)16-13-7-5-12(6-8-13)15-10(2)9-14/h5-8,10-11,14H,4,9H2,1-3H3. The van der Waals surface area contributed by atoms with Crippen molar-refractivity contribution in [3.63, 3.8) is 0 Å². The topological polar surface area (TPSA) is 29.5 Å². The van der Waals surface area contributed by atoms with E-state index in [4.69, 9.17) is 9.84 Å². The number of hydrogen-bond donors (Lipinski definition) is 1. The van der Waals surface area contributed by atoms with Crippen LogP contribution in [-0.4, -0.2) is 23.1 Å². The first-order valence-electron chi connectivity index (χ1n) is 5.70. The zero-order chi connectivity index (χ0) is 12.0. The van der Waals surface area contributed by atoms with Crippen molar-refractivity contribution in [3.8, 4) is 5.75 Å². The van der Waals surface area contributed by atoms with Gasteiger partial charge < -0.3 is 9.84 Å². The van der Waals surface area contributed by atoms with Gasteiger partial charge in [0.2, 0.25) is 0 Å². The Balaban J connectivity index is 2.54. The van der Waals surface area contributed by atoms with Crippen LogP contribution in [0, 0.1) is 0 Å². The monoisotopic (exact) mass is 240 g/mol. The lowest BCUT2D eigenvalue weighted by Gasteiger charge is -2.13. The summed E-state index contributed by atoms with van der Waals surface area (Å²) in [6.45, 7) is 6.31. The van der Waals surface area contributed by atoms with E-state index < -0.39 is 0 Å². The zero-order valence-corrected chi connectivity index (χ0v) is 11.0. The average Bonchev–Trinajstić information content (AvgIpc) is 2.31. The van der Waals surface area contributed by atoms with Crippen molar-refractivity contribution in [2.75, 3.05) is 6.61 Å². The Labute approximate surface area is 102 Å². The molecule has 1 N–H and O–H groups in total. The van der Waals surface area contributed by atoms with E-state index in [1.54, 1.807) is 0 Å². The van der Waals surface area contributed by atoms with E-state index in [0.717, 1.165) is 5.75 Å². The van der Waals surface area contributed by atoms with Gasteiger partial charge in [0, 0.05) is 10.1 Å². The molecule has 3 heteroatoms. The fourth-order valence-electron chi connectivity index (χ4n) is 1.18. The minimum Gasteiger partial charge on any atom is -0.488 e. The third-order valence-electron chi connectivity index (χ3n) is 2.33. The van der Waals surface area contributed by atoms with E-state index in [-0.39, 0.29) is 12.7 Å². The molecule has 0 amide bonds. The number of benzene rings is 1. The van der Waals surface area contributed by atoms with Gasteiger partial charge in [-0.2, -0.15) is 0 Å². The van der Waals surface area contributed by atoms with Crippen LogP contribution < -0.4 is 4.74 Å². The lowest BCUT2D eigenvalue weighted by atomic mass is 10.3. The Hall–Kier alpha value is -0.670. The third kappa shape index (κ3) is 4.45. The fraction of sp³-hybridized carbons (Fsp3) is 0.538. The van der Waals surface area contributed by atoms with E-state index in [0.29, 0.717) is 5.25 Å². The molecule has 1 aromatic carbocycles. The highest BCUT2D eigenvalue weighted by atomic mass is 32.2. The van der Waals surface area contributed by atoms with Crippen LogP contribution in [0.15, 0.2) is 29.2 Å². The molecule has 0 bridgehead atoms. The summed E-state index contributed by atoms with van der Waals surface area (Å²) in [5.74, 6) is 0.815. The summed E-state index contributed by atoms with van der Waals surface area (Å²) in [6, 6.07) is 8.04. The molecule has 0 aliphatic rings. The van der Waals surface area contributed by atoms with Gasteiger partial charge in [-0.3, -0.25) is 0 Å². The Morgan fingerprint density at radius 2 is 1.88 bits per heavy atom. The van der Waals surface area contributed by atoms with E-state index in [2.05, 4.69) is 26.0 Å². The van der Waals surface area contributed by atoms with Crippen molar-refractivity contribution in [2.45, 2.75) is 43.4 Å². The molecule has 0 saturated heterocycles. The maximum Gasteiger partial charge on any atom is 0.119 e. The van der Waals surface area contributed by atoms with E-state index in [1.165, 1.54) is 11.3 Å². The molecule has 90 valence electrons. The van der Waals surface area contributed by atoms with Gasteiger partial charge in [-0.25, -0.2) is 0 Å². The molecule has 0 aromatic heterocycles. The van der Waals surface area contributed by atoms with Crippen LogP contribution in [0.3, 0.4) is 0 Å². The molecule has 0 aliphatic heterocycles. The van der Waals surface area contributed by atoms with Gasteiger partial charge in [-0.1, -0.05) is 13.8 Å². The van der Waals surface area contributed by atoms with Gasteiger partial charge in [-0.05, 0) is 37.6 Å². The normalized spacial score (nSPS) is 14.5. The van der Waals surface area contributed by atoms with Gasteiger partial charge in [0.05, 0.1) is 6.61 Å². The minimum atomic E-state index is -0.145. The number of rotatable bonds is 6. The second-order valence-electron chi connectivity index (χ2n) is 3.92. The number of hydrogen-bond acceptors (Lipinski definition) is 3. The van der Waals surface area contributed by atoms with Crippen molar-refractivity contribution in [3.05, 3.63) is 24.3 Å². The molecule has 0 heterocycles. The maximum absolute atomic E-state index is 8.87. The number of aliphatic hydroxyl groups is 1. The lowest BCUT2D eigenvalue weighted by molar-refractivity contribution is 0.129. The van der Waals surface area contributed by atoms with Crippen LogP contribution in [0.1, 0.15) is 27.2 Å². The molecule has 0 radical (unpaired) electrons. The summed E-state index contributed by atoms with van der Waals surface area (Å²) in [6.07, 6.45) is 1.03. The quantitative estimate of drug-likeness (QED) is 0.773. The molecular weight excluding hydrogens is 220 g/mol. The van der Waals surface area contributed by atoms with Crippen molar-refractivity contribution >= 4 is 11.8 Å². The van der Waals surface area contributed by atoms with Gasteiger partial charge in [0.1, 0.15) is 11.9 Å². The largest absolute Gasteiger partial charge is 0.488 e. The Kier molecular flexibility index (Phi) is 5.71. The Bertz CT molecular complexity index is 266. The van der Waals surface area contributed by atoms with Gasteiger partial charge in [-0.15, -0.1) is 11.8 Å². The molecule has 2 unspecified atom stereocenters. The molecule has 1 aromatic rings. The van der Waals surface area contributed by atoms with Crippen LogP contribution in [0.5, 0.6) is 5.75 Å². The molecule has 1 rings (SSSR count). The van der Waals surface area contributed by atoms with Crippen molar-refractivity contribution < 1.29 is 9.84 Å². The Morgan fingerprint density at radius 1 is 1.25 bits per heavy atom. The first-order chi connectivity index (χ1) is 7.65. The molecule has 0 aliphatic carbocycles. The van der Waals surface area contributed by atoms with Gasteiger partial charge in [0.15, 0.2) is 0 Å². The van der Waals surface area contributed by atoms with E-state index in [1.807, 2.05) is 30.8 Å². The smallest absolute Gasteiger partial charge is 0.119 e. The van der Waals surface area contributed by atoms with Crippen molar-refractivity contribution in [1.29, 1.82) is 0 Å². The van der Waals surface area contributed by atoms with Crippen LogP contribution in [0.2, 0.25) is 0 Å². The number of ether oxygens (including phenoxy) is 1. The van der Waals surface area contributed by atoms with Crippen molar-refractivity contribution in [2.24, 2.45) is 0 Å². The highest BCUT2D eigenvalue weighted by molar-refractivity contribution is 7.99. The molecule has 0 saturated carbocycles. The lowest BCUT2D eigenvalue weighted by Crippen LogP contribution is -2.15. The van der Waals surface area contributed by atoms with E-state index >= 15 is 0 Å². The summed E-state index contributed by atoms with van der Waals surface area (Å²) in [4.78, 5) is 1.26. The highest BCUT2D eigenvalue weighted by Gasteiger charge is 2.04. The summed E-state index contributed by atoms with van der Waals surface area (Å²) < 4.78 is 5.49. The SMILES string of the molecule is CCC(C)Sc1ccc(OC(C)CO)cc1. The first kappa shape index (κ1) is 13.4. The molecule has 16 heavy (non-hydrogen) atoms. The highest BCUT2D eigenvalue weighted by Crippen LogP contribution is 2.26. The minimum absolute atomic E-state index is 0.0450. The van der Waals surface area contributed by atoms with Crippen LogP contribution >= 0.6 is 11.8 Å².